The molecule has 1 rings (SSSR count). The highest BCUT2D eigenvalue weighted by atomic mass is 14.9. The second kappa shape index (κ2) is 6.49. The molecule has 1 aliphatic rings. The smallest absolute Gasteiger partial charge is 0.00696 e. The average Bonchev–Trinajstić information content (AvgIpc) is 2.16. The van der Waals surface area contributed by atoms with E-state index in [0.29, 0.717) is 12.1 Å². The summed E-state index contributed by atoms with van der Waals surface area (Å²) in [6, 6.07) is 2.05. The van der Waals surface area contributed by atoms with Crippen LogP contribution in [-0.2, 0) is 0 Å². The van der Waals surface area contributed by atoms with Crippen LogP contribution in [0.3, 0.4) is 0 Å². The molecule has 1 saturated carbocycles. The van der Waals surface area contributed by atoms with Crippen molar-refractivity contribution in [2.24, 2.45) is 5.92 Å². The summed E-state index contributed by atoms with van der Waals surface area (Å²) in [7, 11) is 0. The highest BCUT2D eigenvalue weighted by Gasteiger charge is 2.21. The van der Waals surface area contributed by atoms with Gasteiger partial charge in [-0.2, -0.15) is 0 Å². The third-order valence-corrected chi connectivity index (χ3v) is 3.23. The summed E-state index contributed by atoms with van der Waals surface area (Å²) in [5.74, 6) is 0.914. The van der Waals surface area contributed by atoms with Crippen LogP contribution in [0.25, 0.3) is 0 Å². The Labute approximate surface area is 95.2 Å². The lowest BCUT2D eigenvalue weighted by atomic mass is 9.85. The molecule has 0 aromatic rings. The van der Waals surface area contributed by atoms with Crippen LogP contribution in [0.1, 0.15) is 53.4 Å². The molecule has 0 saturated heterocycles. The first-order chi connectivity index (χ1) is 7.08. The van der Waals surface area contributed by atoms with Crippen LogP contribution < -0.4 is 10.6 Å². The third-order valence-electron chi connectivity index (χ3n) is 3.23. The monoisotopic (exact) mass is 212 g/mol. The first-order valence-corrected chi connectivity index (χ1v) is 6.57. The van der Waals surface area contributed by atoms with Gasteiger partial charge in [-0.3, -0.25) is 0 Å². The zero-order chi connectivity index (χ0) is 11.3. The molecule has 0 aromatic heterocycles. The lowest BCUT2D eigenvalue weighted by Crippen LogP contribution is -2.39. The van der Waals surface area contributed by atoms with Gasteiger partial charge in [0.15, 0.2) is 0 Å². The highest BCUT2D eigenvalue weighted by Crippen LogP contribution is 2.24. The molecule has 0 radical (unpaired) electrons. The van der Waals surface area contributed by atoms with Crippen molar-refractivity contribution in [2.45, 2.75) is 71.5 Å². The maximum atomic E-state index is 3.65. The van der Waals surface area contributed by atoms with E-state index in [1.165, 1.54) is 32.2 Å². The van der Waals surface area contributed by atoms with Crippen LogP contribution in [-0.4, -0.2) is 24.7 Å². The minimum Gasteiger partial charge on any atom is -0.314 e. The Kier molecular flexibility index (Phi) is 5.62. The molecule has 0 heterocycles. The molecule has 0 spiro atoms. The quantitative estimate of drug-likeness (QED) is 0.732. The lowest BCUT2D eigenvalue weighted by Gasteiger charge is -2.31. The molecule has 0 unspecified atom stereocenters. The molecule has 90 valence electrons. The Morgan fingerprint density at radius 1 is 0.933 bits per heavy atom. The molecule has 1 fully saturated rings. The van der Waals surface area contributed by atoms with E-state index < -0.39 is 0 Å². The first-order valence-electron chi connectivity index (χ1n) is 6.57. The lowest BCUT2D eigenvalue weighted by molar-refractivity contribution is 0.270. The molecular weight excluding hydrogens is 184 g/mol. The SMILES string of the molecule is CC(C)NC[C@H]1CC[C@H](NC(C)C)CC1. The van der Waals surface area contributed by atoms with E-state index in [-0.39, 0.29) is 0 Å². The van der Waals surface area contributed by atoms with Crippen molar-refractivity contribution in [3.05, 3.63) is 0 Å². The van der Waals surface area contributed by atoms with Crippen LogP contribution in [0.4, 0.5) is 0 Å². The fraction of sp³-hybridized carbons (Fsp3) is 1.00. The number of hydrogen-bond donors (Lipinski definition) is 2. The molecule has 0 aromatic carbocycles. The topological polar surface area (TPSA) is 24.1 Å². The molecule has 0 amide bonds. The Hall–Kier alpha value is -0.0800. The molecule has 2 nitrogen and oxygen atoms in total. The van der Waals surface area contributed by atoms with Gasteiger partial charge in [0, 0.05) is 18.1 Å². The Balaban J connectivity index is 2.12. The first kappa shape index (κ1) is 13.0. The standard InChI is InChI=1S/C13H28N2/c1-10(2)14-9-12-5-7-13(8-6-12)15-11(3)4/h10-15H,5-9H2,1-4H3/t12-,13-. The molecule has 2 N–H and O–H groups in total. The van der Waals surface area contributed by atoms with Crippen LogP contribution in [0, 0.1) is 5.92 Å². The zero-order valence-electron chi connectivity index (χ0n) is 10.8. The molecule has 0 aliphatic heterocycles. The van der Waals surface area contributed by atoms with Crippen molar-refractivity contribution in [1.29, 1.82) is 0 Å². The number of hydrogen-bond acceptors (Lipinski definition) is 2. The Morgan fingerprint density at radius 2 is 1.53 bits per heavy atom. The maximum Gasteiger partial charge on any atom is 0.00696 e. The average molecular weight is 212 g/mol. The van der Waals surface area contributed by atoms with E-state index in [1.807, 2.05) is 0 Å². The van der Waals surface area contributed by atoms with Crippen molar-refractivity contribution in [3.8, 4) is 0 Å². The molecule has 0 atom stereocenters. The van der Waals surface area contributed by atoms with Gasteiger partial charge in [0.2, 0.25) is 0 Å². The fourth-order valence-electron chi connectivity index (χ4n) is 2.41. The minimum atomic E-state index is 0.636. The Bertz CT molecular complexity index is 158. The van der Waals surface area contributed by atoms with Gasteiger partial charge in [-0.25, -0.2) is 0 Å². The normalized spacial score (nSPS) is 27.6. The molecule has 1 aliphatic carbocycles. The zero-order valence-corrected chi connectivity index (χ0v) is 10.8. The minimum absolute atomic E-state index is 0.636. The van der Waals surface area contributed by atoms with Gasteiger partial charge in [-0.1, -0.05) is 27.7 Å². The third kappa shape index (κ3) is 5.53. The maximum absolute atomic E-state index is 3.65. The summed E-state index contributed by atoms with van der Waals surface area (Å²) in [5.41, 5.74) is 0. The van der Waals surface area contributed by atoms with E-state index in [9.17, 15) is 0 Å². The molecular formula is C13H28N2. The van der Waals surface area contributed by atoms with Gasteiger partial charge in [0.05, 0.1) is 0 Å². The second-order valence-electron chi connectivity index (χ2n) is 5.60. The summed E-state index contributed by atoms with van der Waals surface area (Å²) >= 11 is 0. The van der Waals surface area contributed by atoms with Crippen molar-refractivity contribution in [2.75, 3.05) is 6.54 Å². The van der Waals surface area contributed by atoms with E-state index in [4.69, 9.17) is 0 Å². The van der Waals surface area contributed by atoms with Crippen LogP contribution in [0.5, 0.6) is 0 Å². The summed E-state index contributed by atoms with van der Waals surface area (Å²) in [5, 5.41) is 7.20. The van der Waals surface area contributed by atoms with Gasteiger partial charge >= 0.3 is 0 Å². The molecule has 2 heteroatoms. The van der Waals surface area contributed by atoms with E-state index >= 15 is 0 Å². The van der Waals surface area contributed by atoms with Crippen molar-refractivity contribution < 1.29 is 0 Å². The van der Waals surface area contributed by atoms with E-state index in [2.05, 4.69) is 38.3 Å². The number of nitrogens with one attached hydrogen (secondary N) is 2. The predicted octanol–water partition coefficient (Wildman–Crippen LogP) is 2.54. The van der Waals surface area contributed by atoms with Crippen molar-refractivity contribution >= 4 is 0 Å². The van der Waals surface area contributed by atoms with Gasteiger partial charge in [0.1, 0.15) is 0 Å². The molecule has 15 heavy (non-hydrogen) atoms. The summed E-state index contributed by atoms with van der Waals surface area (Å²) < 4.78 is 0. The second-order valence-corrected chi connectivity index (χ2v) is 5.60. The van der Waals surface area contributed by atoms with Gasteiger partial charge in [0.25, 0.3) is 0 Å². The Morgan fingerprint density at radius 3 is 2.00 bits per heavy atom. The van der Waals surface area contributed by atoms with Gasteiger partial charge in [-0.15, -0.1) is 0 Å². The van der Waals surface area contributed by atoms with E-state index in [1.54, 1.807) is 0 Å². The van der Waals surface area contributed by atoms with Crippen LogP contribution in [0.15, 0.2) is 0 Å². The summed E-state index contributed by atoms with van der Waals surface area (Å²) in [4.78, 5) is 0. The summed E-state index contributed by atoms with van der Waals surface area (Å²) in [6.07, 6.45) is 5.51. The predicted molar refractivity (Wildman–Crippen MR) is 67.2 cm³/mol. The van der Waals surface area contributed by atoms with Crippen molar-refractivity contribution in [1.82, 2.24) is 10.6 Å². The molecule has 0 bridgehead atoms. The van der Waals surface area contributed by atoms with E-state index in [0.717, 1.165) is 12.0 Å². The summed E-state index contributed by atoms with van der Waals surface area (Å²) in [6.45, 7) is 10.2. The number of rotatable bonds is 5. The van der Waals surface area contributed by atoms with Crippen LogP contribution in [0.2, 0.25) is 0 Å². The van der Waals surface area contributed by atoms with Crippen molar-refractivity contribution in [3.63, 3.8) is 0 Å². The largest absolute Gasteiger partial charge is 0.314 e. The van der Waals surface area contributed by atoms with Crippen LogP contribution >= 0.6 is 0 Å². The van der Waals surface area contributed by atoms with Gasteiger partial charge in [-0.05, 0) is 38.1 Å². The van der Waals surface area contributed by atoms with Gasteiger partial charge < -0.3 is 10.6 Å². The highest BCUT2D eigenvalue weighted by molar-refractivity contribution is 4.79. The fourth-order valence-corrected chi connectivity index (χ4v) is 2.41.